The molecular formula is C4H5N3O. The van der Waals surface area contributed by atoms with Crippen LogP contribution in [0.4, 0.5) is 4.79 Å². The highest BCUT2D eigenvalue weighted by atomic mass is 16.2. The highest BCUT2D eigenvalue weighted by Crippen LogP contribution is 1.71. The van der Waals surface area contributed by atoms with E-state index in [9.17, 15) is 4.79 Å². The van der Waals surface area contributed by atoms with Crippen molar-refractivity contribution in [3.05, 3.63) is 12.3 Å². The minimum atomic E-state index is -0.310. The Morgan fingerprint density at radius 3 is 3.38 bits per heavy atom. The number of urea groups is 1. The van der Waals surface area contributed by atoms with Crippen molar-refractivity contribution < 1.29 is 4.79 Å². The zero-order valence-corrected chi connectivity index (χ0v) is 4.09. The second-order valence-corrected chi connectivity index (χ2v) is 1.22. The fourth-order valence-electron chi connectivity index (χ4n) is 0.338. The van der Waals surface area contributed by atoms with Crippen molar-refractivity contribution in [3.8, 4) is 0 Å². The summed E-state index contributed by atoms with van der Waals surface area (Å²) >= 11 is 0. The van der Waals surface area contributed by atoms with E-state index in [4.69, 9.17) is 0 Å². The molecule has 0 unspecified atom stereocenters. The summed E-state index contributed by atoms with van der Waals surface area (Å²) in [5.41, 5.74) is 2.20. The first-order valence-corrected chi connectivity index (χ1v) is 2.14. The average Bonchev–Trinajstić information content (AvgIpc) is 1.94. The number of hydrogen-bond acceptors (Lipinski definition) is 2. The van der Waals surface area contributed by atoms with Crippen molar-refractivity contribution in [3.63, 3.8) is 0 Å². The van der Waals surface area contributed by atoms with Crippen molar-refractivity contribution in [2.24, 2.45) is 5.10 Å². The van der Waals surface area contributed by atoms with Crippen LogP contribution >= 0.6 is 0 Å². The first-order chi connectivity index (χ1) is 3.89. The quantitative estimate of drug-likeness (QED) is 0.447. The van der Waals surface area contributed by atoms with Gasteiger partial charge in [0.25, 0.3) is 0 Å². The van der Waals surface area contributed by atoms with Gasteiger partial charge in [-0.15, -0.1) is 0 Å². The standard InChI is InChI=1S/C4H5N3O/c8-4-5-2-1-3-6-7-4/h1-3H,(H2,5,7,8). The third-order valence-corrected chi connectivity index (χ3v) is 0.637. The maximum absolute atomic E-state index is 10.3. The molecule has 0 saturated heterocycles. The Kier molecular flexibility index (Phi) is 1.27. The van der Waals surface area contributed by atoms with Gasteiger partial charge in [0.2, 0.25) is 0 Å². The highest BCUT2D eigenvalue weighted by molar-refractivity contribution is 5.81. The number of carbonyl (C=O) groups excluding carboxylic acids is 1. The number of amides is 2. The topological polar surface area (TPSA) is 53.5 Å². The van der Waals surface area contributed by atoms with Crippen LogP contribution in [0.2, 0.25) is 0 Å². The molecule has 0 aromatic carbocycles. The van der Waals surface area contributed by atoms with Crippen LogP contribution in [0.1, 0.15) is 0 Å². The highest BCUT2D eigenvalue weighted by Gasteiger charge is 1.92. The molecule has 0 atom stereocenters. The zero-order chi connectivity index (χ0) is 5.82. The van der Waals surface area contributed by atoms with Crippen LogP contribution in [-0.4, -0.2) is 12.2 Å². The van der Waals surface area contributed by atoms with Crippen LogP contribution < -0.4 is 10.7 Å². The maximum atomic E-state index is 10.3. The molecule has 0 aliphatic carbocycles. The van der Waals surface area contributed by atoms with Crippen LogP contribution in [0.25, 0.3) is 0 Å². The number of nitrogens with one attached hydrogen (secondary N) is 2. The molecule has 2 amide bonds. The van der Waals surface area contributed by atoms with Gasteiger partial charge in [0.05, 0.1) is 0 Å². The molecule has 2 N–H and O–H groups in total. The average molecular weight is 111 g/mol. The Hall–Kier alpha value is -1.32. The molecule has 0 radical (unpaired) electrons. The van der Waals surface area contributed by atoms with Crippen molar-refractivity contribution >= 4 is 12.2 Å². The van der Waals surface area contributed by atoms with Gasteiger partial charge < -0.3 is 5.32 Å². The van der Waals surface area contributed by atoms with E-state index in [1.165, 1.54) is 12.4 Å². The lowest BCUT2D eigenvalue weighted by molar-refractivity contribution is 0.245. The van der Waals surface area contributed by atoms with Gasteiger partial charge in [-0.1, -0.05) is 0 Å². The SMILES string of the molecule is O=C1NC=CC=NN1. The number of hydrazone groups is 1. The molecule has 1 aliphatic rings. The van der Waals surface area contributed by atoms with E-state index in [1.54, 1.807) is 6.08 Å². The number of rotatable bonds is 0. The summed E-state index contributed by atoms with van der Waals surface area (Å²) < 4.78 is 0. The van der Waals surface area contributed by atoms with E-state index in [0.717, 1.165) is 0 Å². The molecule has 0 fully saturated rings. The van der Waals surface area contributed by atoms with Crippen molar-refractivity contribution in [1.82, 2.24) is 10.7 Å². The van der Waals surface area contributed by atoms with E-state index in [1.807, 2.05) is 0 Å². The minimum Gasteiger partial charge on any atom is -0.313 e. The second kappa shape index (κ2) is 2.11. The molecule has 1 heterocycles. The lowest BCUT2D eigenvalue weighted by atomic mass is 10.7. The Balaban J connectivity index is 2.58. The van der Waals surface area contributed by atoms with Gasteiger partial charge in [-0.25, -0.2) is 10.2 Å². The van der Waals surface area contributed by atoms with E-state index >= 15 is 0 Å². The van der Waals surface area contributed by atoms with Crippen LogP contribution in [-0.2, 0) is 0 Å². The largest absolute Gasteiger partial charge is 0.339 e. The predicted molar refractivity (Wildman–Crippen MR) is 29.3 cm³/mol. The molecule has 0 aromatic heterocycles. The Bertz CT molecular complexity index is 133. The van der Waals surface area contributed by atoms with Crippen LogP contribution in [0.5, 0.6) is 0 Å². The molecule has 0 spiro atoms. The van der Waals surface area contributed by atoms with Gasteiger partial charge in [-0.05, 0) is 6.08 Å². The van der Waals surface area contributed by atoms with Crippen LogP contribution in [0, 0.1) is 0 Å². The monoisotopic (exact) mass is 111 g/mol. The molecule has 4 nitrogen and oxygen atoms in total. The Morgan fingerprint density at radius 1 is 1.62 bits per heavy atom. The molecule has 42 valence electrons. The number of allylic oxidation sites excluding steroid dienone is 1. The minimum absolute atomic E-state index is 0.310. The van der Waals surface area contributed by atoms with E-state index in [2.05, 4.69) is 15.8 Å². The Morgan fingerprint density at radius 2 is 2.50 bits per heavy atom. The Labute approximate surface area is 46.3 Å². The van der Waals surface area contributed by atoms with Gasteiger partial charge in [0.15, 0.2) is 0 Å². The van der Waals surface area contributed by atoms with E-state index in [-0.39, 0.29) is 6.03 Å². The lowest BCUT2D eigenvalue weighted by Gasteiger charge is -1.91. The summed E-state index contributed by atoms with van der Waals surface area (Å²) in [6.07, 6.45) is 4.61. The zero-order valence-electron chi connectivity index (χ0n) is 4.09. The third-order valence-electron chi connectivity index (χ3n) is 0.637. The molecule has 0 saturated carbocycles. The molecule has 0 aromatic rings. The smallest absolute Gasteiger partial charge is 0.313 e. The van der Waals surface area contributed by atoms with E-state index < -0.39 is 0 Å². The molecule has 1 aliphatic heterocycles. The van der Waals surface area contributed by atoms with Crippen LogP contribution in [0.3, 0.4) is 0 Å². The predicted octanol–water partition coefficient (Wildman–Crippen LogP) is -0.201. The first-order valence-electron chi connectivity index (χ1n) is 2.14. The summed E-state index contributed by atoms with van der Waals surface area (Å²) in [6.45, 7) is 0. The van der Waals surface area contributed by atoms with Gasteiger partial charge >= 0.3 is 6.03 Å². The van der Waals surface area contributed by atoms with Gasteiger partial charge in [-0.3, -0.25) is 0 Å². The molecule has 1 rings (SSSR count). The van der Waals surface area contributed by atoms with Crippen molar-refractivity contribution in [1.29, 1.82) is 0 Å². The van der Waals surface area contributed by atoms with Crippen molar-refractivity contribution in [2.75, 3.05) is 0 Å². The summed E-state index contributed by atoms with van der Waals surface area (Å²) in [6, 6.07) is -0.310. The van der Waals surface area contributed by atoms with E-state index in [0.29, 0.717) is 0 Å². The fraction of sp³-hybridized carbons (Fsp3) is 0. The first kappa shape index (κ1) is 4.83. The number of carbonyl (C=O) groups is 1. The third kappa shape index (κ3) is 1.07. The summed E-state index contributed by atoms with van der Waals surface area (Å²) in [5, 5.41) is 5.87. The number of hydrogen-bond donors (Lipinski definition) is 2. The van der Waals surface area contributed by atoms with Crippen LogP contribution in [0.15, 0.2) is 17.4 Å². The molecular weight excluding hydrogens is 106 g/mol. The molecule has 4 heteroatoms. The maximum Gasteiger partial charge on any atom is 0.339 e. The number of nitrogens with zero attached hydrogens (tertiary/aromatic N) is 1. The second-order valence-electron chi connectivity index (χ2n) is 1.22. The summed E-state index contributed by atoms with van der Waals surface area (Å²) in [7, 11) is 0. The van der Waals surface area contributed by atoms with Gasteiger partial charge in [0.1, 0.15) is 0 Å². The van der Waals surface area contributed by atoms with Gasteiger partial charge in [-0.2, -0.15) is 5.10 Å². The summed E-state index contributed by atoms with van der Waals surface area (Å²) in [4.78, 5) is 10.3. The lowest BCUT2D eigenvalue weighted by Crippen LogP contribution is -2.26. The van der Waals surface area contributed by atoms with Gasteiger partial charge in [0, 0.05) is 12.4 Å². The normalized spacial score (nSPS) is 16.8. The summed E-state index contributed by atoms with van der Waals surface area (Å²) in [5.74, 6) is 0. The molecule has 0 bridgehead atoms. The fourth-order valence-corrected chi connectivity index (χ4v) is 0.338. The van der Waals surface area contributed by atoms with Crippen molar-refractivity contribution in [2.45, 2.75) is 0 Å². The molecule has 8 heavy (non-hydrogen) atoms.